The summed E-state index contributed by atoms with van der Waals surface area (Å²) in [4.78, 5) is 22.9. The number of hydrogen-bond donors (Lipinski definition) is 3. The lowest BCUT2D eigenvalue weighted by atomic mass is 9.99. The van der Waals surface area contributed by atoms with Crippen LogP contribution in [-0.4, -0.2) is 35.7 Å². The molecule has 0 aliphatic carbocycles. The van der Waals surface area contributed by atoms with Gasteiger partial charge in [0.05, 0.1) is 12.2 Å². The quantitative estimate of drug-likeness (QED) is 0.747. The summed E-state index contributed by atoms with van der Waals surface area (Å²) >= 11 is 0. The first kappa shape index (κ1) is 13.5. The highest BCUT2D eigenvalue weighted by Gasteiger charge is 2.38. The van der Waals surface area contributed by atoms with Crippen molar-refractivity contribution in [1.29, 1.82) is 0 Å². The largest absolute Gasteiger partial charge is 0.478 e. The van der Waals surface area contributed by atoms with Crippen molar-refractivity contribution >= 4 is 17.6 Å². The summed E-state index contributed by atoms with van der Waals surface area (Å²) in [7, 11) is 0. The lowest BCUT2D eigenvalue weighted by Gasteiger charge is -2.21. The van der Waals surface area contributed by atoms with Gasteiger partial charge in [-0.1, -0.05) is 0 Å². The maximum Gasteiger partial charge on any atom is 0.335 e. The zero-order valence-electron chi connectivity index (χ0n) is 10.6. The van der Waals surface area contributed by atoms with Crippen LogP contribution in [-0.2, 0) is 9.53 Å². The van der Waals surface area contributed by atoms with Gasteiger partial charge in [0.25, 0.3) is 0 Å². The van der Waals surface area contributed by atoms with E-state index in [-0.39, 0.29) is 18.1 Å². The molecule has 0 bridgehead atoms. The molecule has 1 heterocycles. The van der Waals surface area contributed by atoms with Gasteiger partial charge in [-0.25, -0.2) is 4.79 Å². The summed E-state index contributed by atoms with van der Waals surface area (Å²) in [6.45, 7) is 2.41. The number of rotatable bonds is 3. The van der Waals surface area contributed by atoms with E-state index in [1.165, 1.54) is 12.1 Å². The Labute approximate surface area is 110 Å². The zero-order valence-corrected chi connectivity index (χ0v) is 10.6. The third kappa shape index (κ3) is 2.74. The molecule has 1 aromatic rings. The molecule has 102 valence electrons. The Kier molecular flexibility index (Phi) is 3.55. The Morgan fingerprint density at radius 2 is 2.21 bits per heavy atom. The number of carboxylic acid groups (broad SMARTS) is 1. The van der Waals surface area contributed by atoms with E-state index in [1.807, 2.05) is 0 Å². The number of aryl methyl sites for hydroxylation is 1. The van der Waals surface area contributed by atoms with Crippen molar-refractivity contribution in [1.82, 2.24) is 0 Å². The minimum absolute atomic E-state index is 0.183. The summed E-state index contributed by atoms with van der Waals surface area (Å²) in [6, 6.07) is 4.52. The van der Waals surface area contributed by atoms with Crippen molar-refractivity contribution in [2.24, 2.45) is 5.73 Å². The summed E-state index contributed by atoms with van der Waals surface area (Å²) in [5, 5.41) is 11.6. The van der Waals surface area contributed by atoms with Crippen LogP contribution in [0.5, 0.6) is 0 Å². The van der Waals surface area contributed by atoms with Crippen molar-refractivity contribution in [3.63, 3.8) is 0 Å². The van der Waals surface area contributed by atoms with E-state index in [1.54, 1.807) is 13.0 Å². The second kappa shape index (κ2) is 4.99. The Morgan fingerprint density at radius 1 is 1.47 bits per heavy atom. The van der Waals surface area contributed by atoms with E-state index in [2.05, 4.69) is 5.32 Å². The summed E-state index contributed by atoms with van der Waals surface area (Å²) in [5.74, 6) is -1.31. The fourth-order valence-electron chi connectivity index (χ4n) is 1.94. The summed E-state index contributed by atoms with van der Waals surface area (Å²) in [6.07, 6.45) is 0.477. The molecule has 1 saturated heterocycles. The Bertz CT molecular complexity index is 521. The number of nitrogens with two attached hydrogens (primary N) is 1. The van der Waals surface area contributed by atoms with Crippen LogP contribution in [0, 0.1) is 6.92 Å². The smallest absolute Gasteiger partial charge is 0.335 e. The molecule has 0 aromatic heterocycles. The fourth-order valence-corrected chi connectivity index (χ4v) is 1.94. The van der Waals surface area contributed by atoms with E-state index < -0.39 is 11.5 Å². The maximum atomic E-state index is 12.1. The molecule has 1 unspecified atom stereocenters. The van der Waals surface area contributed by atoms with Crippen LogP contribution in [0.3, 0.4) is 0 Å². The van der Waals surface area contributed by atoms with Crippen molar-refractivity contribution < 1.29 is 19.4 Å². The van der Waals surface area contributed by atoms with Crippen LogP contribution in [0.15, 0.2) is 18.2 Å². The number of anilines is 1. The van der Waals surface area contributed by atoms with Gasteiger partial charge in [0.15, 0.2) is 0 Å². The molecule has 0 spiro atoms. The van der Waals surface area contributed by atoms with Crippen molar-refractivity contribution in [3.05, 3.63) is 29.3 Å². The van der Waals surface area contributed by atoms with Gasteiger partial charge >= 0.3 is 5.97 Å². The molecule has 0 saturated carbocycles. The van der Waals surface area contributed by atoms with Crippen LogP contribution in [0.2, 0.25) is 0 Å². The van der Waals surface area contributed by atoms with Gasteiger partial charge in [-0.3, -0.25) is 4.79 Å². The highest BCUT2D eigenvalue weighted by Crippen LogP contribution is 2.21. The van der Waals surface area contributed by atoms with E-state index in [0.717, 1.165) is 0 Å². The van der Waals surface area contributed by atoms with E-state index in [0.29, 0.717) is 24.3 Å². The Hall–Kier alpha value is -1.92. The third-order valence-electron chi connectivity index (χ3n) is 3.23. The molecule has 6 nitrogen and oxygen atoms in total. The molecule has 1 atom stereocenters. The number of carbonyl (C=O) groups excluding carboxylic acids is 1. The van der Waals surface area contributed by atoms with E-state index in [4.69, 9.17) is 15.6 Å². The molecule has 1 amide bonds. The average molecular weight is 264 g/mol. The Morgan fingerprint density at radius 3 is 2.74 bits per heavy atom. The predicted octanol–water partition coefficient (Wildman–Crippen LogP) is 0.750. The highest BCUT2D eigenvalue weighted by molar-refractivity contribution is 5.99. The van der Waals surface area contributed by atoms with Crippen molar-refractivity contribution in [2.45, 2.75) is 18.9 Å². The number of aromatic carboxylic acids is 1. The summed E-state index contributed by atoms with van der Waals surface area (Å²) in [5.41, 5.74) is 6.37. The van der Waals surface area contributed by atoms with Gasteiger partial charge in [-0.15, -0.1) is 0 Å². The first-order valence-electron chi connectivity index (χ1n) is 5.94. The van der Waals surface area contributed by atoms with Gasteiger partial charge in [-0.2, -0.15) is 0 Å². The van der Waals surface area contributed by atoms with Crippen LogP contribution in [0.1, 0.15) is 22.3 Å². The highest BCUT2D eigenvalue weighted by atomic mass is 16.5. The molecule has 1 fully saturated rings. The second-order valence-electron chi connectivity index (χ2n) is 4.75. The number of benzene rings is 1. The van der Waals surface area contributed by atoms with E-state index >= 15 is 0 Å². The fraction of sp³-hybridized carbons (Fsp3) is 0.385. The molecule has 19 heavy (non-hydrogen) atoms. The van der Waals surface area contributed by atoms with Gasteiger partial charge in [0, 0.05) is 12.3 Å². The number of nitrogens with one attached hydrogen (secondary N) is 1. The van der Waals surface area contributed by atoms with Gasteiger partial charge in [0.2, 0.25) is 5.91 Å². The van der Waals surface area contributed by atoms with Crippen LogP contribution < -0.4 is 11.1 Å². The topological polar surface area (TPSA) is 102 Å². The van der Waals surface area contributed by atoms with Gasteiger partial charge < -0.3 is 20.9 Å². The normalized spacial score (nSPS) is 22.2. The molecular weight excluding hydrogens is 248 g/mol. The Balaban J connectivity index is 2.15. The summed E-state index contributed by atoms with van der Waals surface area (Å²) < 4.78 is 5.14. The number of ether oxygens (including phenoxy) is 1. The number of amides is 1. The third-order valence-corrected chi connectivity index (χ3v) is 3.23. The number of hydrogen-bond acceptors (Lipinski definition) is 4. The van der Waals surface area contributed by atoms with Crippen LogP contribution in [0.4, 0.5) is 5.69 Å². The molecule has 1 aromatic carbocycles. The van der Waals surface area contributed by atoms with Crippen LogP contribution in [0.25, 0.3) is 0 Å². The molecule has 6 heteroatoms. The lowest BCUT2D eigenvalue weighted by molar-refractivity contribution is -0.121. The number of carboxylic acids is 1. The molecule has 4 N–H and O–H groups in total. The standard InChI is InChI=1S/C13H16N2O4/c1-8-6-9(11(16)17)2-3-10(8)15-12(18)13(14)4-5-19-7-13/h2-3,6H,4-5,7,14H2,1H3,(H,15,18)(H,16,17). The maximum absolute atomic E-state index is 12.1. The molecule has 1 aliphatic rings. The first-order valence-corrected chi connectivity index (χ1v) is 5.94. The minimum atomic E-state index is -1.00. The van der Waals surface area contributed by atoms with Crippen molar-refractivity contribution in [3.8, 4) is 0 Å². The minimum Gasteiger partial charge on any atom is -0.478 e. The SMILES string of the molecule is Cc1cc(C(=O)O)ccc1NC(=O)C1(N)CCOC1. The average Bonchev–Trinajstić information content (AvgIpc) is 2.80. The predicted molar refractivity (Wildman–Crippen MR) is 69.1 cm³/mol. The molecule has 1 aliphatic heterocycles. The van der Waals surface area contributed by atoms with E-state index in [9.17, 15) is 9.59 Å². The molecule has 2 rings (SSSR count). The van der Waals surface area contributed by atoms with Gasteiger partial charge in [-0.05, 0) is 37.1 Å². The first-order chi connectivity index (χ1) is 8.92. The molecular formula is C13H16N2O4. The second-order valence-corrected chi connectivity index (χ2v) is 4.75. The van der Waals surface area contributed by atoms with Gasteiger partial charge in [0.1, 0.15) is 5.54 Å². The van der Waals surface area contributed by atoms with Crippen molar-refractivity contribution in [2.75, 3.05) is 18.5 Å². The zero-order chi connectivity index (χ0) is 14.0. The van der Waals surface area contributed by atoms with Crippen LogP contribution >= 0.6 is 0 Å². The monoisotopic (exact) mass is 264 g/mol. The molecule has 0 radical (unpaired) electrons. The number of carbonyl (C=O) groups is 2. The lowest BCUT2D eigenvalue weighted by Crippen LogP contribution is -2.51.